The number of ketones is 1. The first kappa shape index (κ1) is 32.7. The Balaban J connectivity index is 1.83. The molecule has 10 heteroatoms. The number of hydrogen-bond donors (Lipinski definition) is 2. The lowest BCUT2D eigenvalue weighted by Crippen LogP contribution is -2.45. The van der Waals surface area contributed by atoms with Gasteiger partial charge in [-0.15, -0.1) is 23.5 Å². The number of esters is 1. The van der Waals surface area contributed by atoms with Crippen molar-refractivity contribution in [2.45, 2.75) is 75.8 Å². The third-order valence-electron chi connectivity index (χ3n) is 8.05. The van der Waals surface area contributed by atoms with Gasteiger partial charge in [-0.3, -0.25) is 19.6 Å². The zero-order chi connectivity index (χ0) is 29.7. The van der Waals surface area contributed by atoms with E-state index in [1.54, 1.807) is 24.6 Å². The van der Waals surface area contributed by atoms with E-state index in [4.69, 9.17) is 14.4 Å². The van der Waals surface area contributed by atoms with Crippen LogP contribution in [0.4, 0.5) is 0 Å². The van der Waals surface area contributed by atoms with Crippen LogP contribution in [0.15, 0.2) is 48.1 Å². The van der Waals surface area contributed by atoms with Gasteiger partial charge in [-0.2, -0.15) is 0 Å². The average molecular weight is 606 g/mol. The standard InChI is InChI=1S/C30H43NO6S2Si/c1-20(9-14-26(32)31-35)17-21(2)28(34)22-10-12-23(13-11-22)30(38-15-8-16-39-30)24-18-27(33)37-25(24)19-36-40(6,7)29(3,4)5/h9-14,17,21,24-25,35H,8,15-16,18-19H2,1-7H3,(H,31,32)/b14-9+,20-17+/t21-,24?,25-/m1/s1. The highest BCUT2D eigenvalue weighted by Gasteiger charge is 2.53. The van der Waals surface area contributed by atoms with E-state index >= 15 is 0 Å². The molecule has 0 aromatic heterocycles. The highest BCUT2D eigenvalue weighted by atomic mass is 32.2. The third-order valence-corrected chi connectivity index (χ3v) is 16.2. The molecule has 1 unspecified atom stereocenters. The van der Waals surface area contributed by atoms with E-state index in [-0.39, 0.29) is 32.9 Å². The summed E-state index contributed by atoms with van der Waals surface area (Å²) in [7, 11) is -2.02. The summed E-state index contributed by atoms with van der Waals surface area (Å²) in [6.45, 7) is 15.1. The van der Waals surface area contributed by atoms with Gasteiger partial charge in [0.05, 0.1) is 17.1 Å². The first-order valence-corrected chi connectivity index (χ1v) is 18.6. The second-order valence-electron chi connectivity index (χ2n) is 12.1. The van der Waals surface area contributed by atoms with Gasteiger partial charge in [0.1, 0.15) is 6.10 Å². The van der Waals surface area contributed by atoms with Gasteiger partial charge in [0.25, 0.3) is 5.91 Å². The smallest absolute Gasteiger partial charge is 0.306 e. The lowest BCUT2D eigenvalue weighted by atomic mass is 9.90. The van der Waals surface area contributed by atoms with Crippen LogP contribution in [-0.4, -0.2) is 55.4 Å². The number of hydroxylamine groups is 1. The summed E-state index contributed by atoms with van der Waals surface area (Å²) in [4.78, 5) is 37.0. The molecule has 0 bridgehead atoms. The SMILES string of the molecule is CC(/C=C/C(=O)NO)=C\[C@@H](C)C(=O)c1ccc(C2(C3CC(=O)O[C@@H]3CO[Si](C)(C)C(C)(C)C)SCCCS2)cc1. The summed E-state index contributed by atoms with van der Waals surface area (Å²) < 4.78 is 12.1. The summed E-state index contributed by atoms with van der Waals surface area (Å²) in [6.07, 6.45) is 5.71. The molecule has 2 aliphatic rings. The van der Waals surface area contributed by atoms with Gasteiger partial charge in [0.2, 0.25) is 0 Å². The van der Waals surface area contributed by atoms with Gasteiger partial charge >= 0.3 is 5.97 Å². The summed E-state index contributed by atoms with van der Waals surface area (Å²) in [5.74, 6) is 0.746. The van der Waals surface area contributed by atoms with Crippen LogP contribution in [0.2, 0.25) is 18.1 Å². The number of cyclic esters (lactones) is 1. The molecule has 1 aromatic rings. The van der Waals surface area contributed by atoms with Crippen LogP contribution < -0.4 is 5.48 Å². The van der Waals surface area contributed by atoms with E-state index in [0.29, 0.717) is 18.6 Å². The molecule has 1 amide bonds. The summed E-state index contributed by atoms with van der Waals surface area (Å²) in [5, 5.41) is 8.69. The van der Waals surface area contributed by atoms with E-state index in [1.165, 1.54) is 6.08 Å². The number of rotatable bonds is 10. The van der Waals surface area contributed by atoms with Crippen molar-refractivity contribution in [1.82, 2.24) is 5.48 Å². The zero-order valence-corrected chi connectivity index (χ0v) is 27.2. The van der Waals surface area contributed by atoms with Crippen molar-refractivity contribution < 1.29 is 28.8 Å². The number of amides is 1. The molecule has 40 heavy (non-hydrogen) atoms. The van der Waals surface area contributed by atoms with E-state index in [0.717, 1.165) is 29.1 Å². The van der Waals surface area contributed by atoms with Gasteiger partial charge in [0.15, 0.2) is 14.1 Å². The van der Waals surface area contributed by atoms with E-state index < -0.39 is 20.1 Å². The third kappa shape index (κ3) is 7.70. The van der Waals surface area contributed by atoms with Gasteiger partial charge < -0.3 is 9.16 Å². The Morgan fingerprint density at radius 3 is 2.40 bits per heavy atom. The zero-order valence-electron chi connectivity index (χ0n) is 24.6. The van der Waals surface area contributed by atoms with E-state index in [2.05, 4.69) is 33.9 Å². The Labute approximate surface area is 248 Å². The quantitative estimate of drug-likeness (QED) is 0.0594. The van der Waals surface area contributed by atoms with Gasteiger partial charge in [-0.1, -0.05) is 69.7 Å². The minimum Gasteiger partial charge on any atom is -0.460 e. The van der Waals surface area contributed by atoms with Crippen LogP contribution in [0, 0.1) is 11.8 Å². The number of ether oxygens (including phenoxy) is 1. The summed E-state index contributed by atoms with van der Waals surface area (Å²) in [5.41, 5.74) is 3.99. The Bertz CT molecular complexity index is 1140. The lowest BCUT2D eigenvalue weighted by Gasteiger charge is -2.43. The normalized spacial score (nSPS) is 22.7. The molecule has 2 aliphatic heterocycles. The van der Waals surface area contributed by atoms with Crippen molar-refractivity contribution in [1.29, 1.82) is 0 Å². The fourth-order valence-corrected chi connectivity index (χ4v) is 9.41. The number of carbonyl (C=O) groups excluding carboxylic acids is 3. The van der Waals surface area contributed by atoms with Gasteiger partial charge in [-0.25, -0.2) is 5.48 Å². The number of thioether (sulfide) groups is 2. The summed E-state index contributed by atoms with van der Waals surface area (Å²) >= 11 is 3.76. The second-order valence-corrected chi connectivity index (χ2v) is 19.8. The predicted molar refractivity (Wildman–Crippen MR) is 165 cm³/mol. The van der Waals surface area contributed by atoms with Crippen molar-refractivity contribution >= 4 is 49.5 Å². The molecule has 1 aromatic carbocycles. The van der Waals surface area contributed by atoms with Crippen LogP contribution in [0.25, 0.3) is 0 Å². The number of benzene rings is 1. The fraction of sp³-hybridized carbons (Fsp3) is 0.567. The molecule has 220 valence electrons. The number of hydrogen-bond acceptors (Lipinski definition) is 8. The highest BCUT2D eigenvalue weighted by Crippen LogP contribution is 2.59. The van der Waals surface area contributed by atoms with Crippen molar-refractivity contribution in [3.8, 4) is 0 Å². The maximum absolute atomic E-state index is 13.2. The van der Waals surface area contributed by atoms with E-state index in [9.17, 15) is 14.4 Å². The molecule has 2 N–H and O–H groups in total. The molecular weight excluding hydrogens is 563 g/mol. The van der Waals surface area contributed by atoms with Crippen molar-refractivity contribution in [2.24, 2.45) is 11.8 Å². The monoisotopic (exact) mass is 605 g/mol. The van der Waals surface area contributed by atoms with E-state index in [1.807, 2.05) is 54.7 Å². The lowest BCUT2D eigenvalue weighted by molar-refractivity contribution is -0.142. The second kappa shape index (κ2) is 13.4. The number of nitrogens with one attached hydrogen (secondary N) is 1. The Kier molecular flexibility index (Phi) is 11.0. The Hall–Kier alpha value is -1.85. The van der Waals surface area contributed by atoms with Crippen LogP contribution >= 0.6 is 23.5 Å². The molecular formula is C30H43NO6S2Si. The predicted octanol–water partition coefficient (Wildman–Crippen LogP) is 6.49. The highest BCUT2D eigenvalue weighted by molar-refractivity contribution is 8.18. The topological polar surface area (TPSA) is 102 Å². The Morgan fingerprint density at radius 1 is 1.20 bits per heavy atom. The van der Waals surface area contributed by atoms with Gasteiger partial charge in [0, 0.05) is 23.5 Å². The maximum atomic E-state index is 13.2. The Morgan fingerprint density at radius 2 is 1.82 bits per heavy atom. The van der Waals surface area contributed by atoms with Gasteiger partial charge in [-0.05, 0) is 48.5 Å². The molecule has 0 saturated carbocycles. The molecule has 0 radical (unpaired) electrons. The van der Waals surface area contributed by atoms with Crippen LogP contribution in [0.1, 0.15) is 63.4 Å². The molecule has 2 saturated heterocycles. The first-order valence-electron chi connectivity index (χ1n) is 13.8. The van der Waals surface area contributed by atoms with Crippen LogP contribution in [0.5, 0.6) is 0 Å². The number of allylic oxidation sites excluding steroid dienone is 3. The molecule has 0 aliphatic carbocycles. The molecule has 7 nitrogen and oxygen atoms in total. The molecule has 3 rings (SSSR count). The summed E-state index contributed by atoms with van der Waals surface area (Å²) in [6, 6.07) is 7.81. The number of carbonyl (C=O) groups is 3. The molecule has 2 heterocycles. The van der Waals surface area contributed by atoms with Crippen molar-refractivity contribution in [3.63, 3.8) is 0 Å². The van der Waals surface area contributed by atoms with Crippen LogP contribution in [-0.2, 0) is 22.8 Å². The van der Waals surface area contributed by atoms with Crippen LogP contribution in [0.3, 0.4) is 0 Å². The molecule has 2 fully saturated rings. The average Bonchev–Trinajstić information content (AvgIpc) is 3.30. The first-order chi connectivity index (χ1) is 18.7. The maximum Gasteiger partial charge on any atom is 0.306 e. The molecule has 0 spiro atoms. The fourth-order valence-electron chi connectivity index (χ4n) is 4.69. The minimum atomic E-state index is -2.02. The van der Waals surface area contributed by atoms with Crippen molar-refractivity contribution in [3.05, 3.63) is 59.2 Å². The minimum absolute atomic E-state index is 0.0241. The van der Waals surface area contributed by atoms with Crippen molar-refractivity contribution in [2.75, 3.05) is 18.1 Å². The molecule has 3 atom stereocenters. The largest absolute Gasteiger partial charge is 0.460 e. The number of Topliss-reactive ketones (excluding diaryl/α,β-unsaturated/α-hetero) is 1.